The Hall–Kier alpha value is -2.37. The van der Waals surface area contributed by atoms with Gasteiger partial charge in [-0.2, -0.15) is 0 Å². The first-order chi connectivity index (χ1) is 11.4. The molecular formula is C18H25N3O3. The van der Waals surface area contributed by atoms with Crippen LogP contribution in [0.4, 0.5) is 0 Å². The second kappa shape index (κ2) is 7.47. The fraction of sp³-hybridized carbons (Fsp3) is 0.500. The third-order valence-electron chi connectivity index (χ3n) is 4.08. The number of para-hydroxylation sites is 1. The van der Waals surface area contributed by atoms with Crippen molar-refractivity contribution < 1.29 is 4.79 Å². The van der Waals surface area contributed by atoms with E-state index in [0.29, 0.717) is 29.8 Å². The molecule has 1 amide bonds. The van der Waals surface area contributed by atoms with Crippen LogP contribution < -0.4 is 16.6 Å². The van der Waals surface area contributed by atoms with Gasteiger partial charge in [0.1, 0.15) is 6.04 Å². The van der Waals surface area contributed by atoms with Crippen LogP contribution in [0.15, 0.2) is 33.9 Å². The molecule has 0 aliphatic carbocycles. The van der Waals surface area contributed by atoms with E-state index in [9.17, 15) is 14.4 Å². The molecule has 0 unspecified atom stereocenters. The number of hydrogen-bond acceptors (Lipinski definition) is 3. The third-order valence-corrected chi connectivity index (χ3v) is 4.08. The van der Waals surface area contributed by atoms with Crippen LogP contribution in [0.2, 0.25) is 0 Å². The van der Waals surface area contributed by atoms with E-state index in [-0.39, 0.29) is 18.0 Å². The number of rotatable bonds is 6. The highest BCUT2D eigenvalue weighted by atomic mass is 16.2. The van der Waals surface area contributed by atoms with Crippen molar-refractivity contribution >= 4 is 16.8 Å². The highest BCUT2D eigenvalue weighted by molar-refractivity contribution is 5.84. The molecule has 0 aliphatic rings. The average Bonchev–Trinajstić information content (AvgIpc) is 2.57. The minimum atomic E-state index is -0.639. The number of carbonyl (C=O) groups excluding carboxylic acids is 1. The van der Waals surface area contributed by atoms with Gasteiger partial charge in [0.25, 0.3) is 5.56 Å². The van der Waals surface area contributed by atoms with Gasteiger partial charge in [-0.25, -0.2) is 4.79 Å². The van der Waals surface area contributed by atoms with E-state index in [2.05, 4.69) is 5.32 Å². The number of nitrogens with zero attached hydrogens (tertiary/aromatic N) is 2. The maximum absolute atomic E-state index is 12.8. The van der Waals surface area contributed by atoms with Crippen LogP contribution in [0.3, 0.4) is 0 Å². The number of nitrogens with one attached hydrogen (secondary N) is 1. The average molecular weight is 331 g/mol. The Morgan fingerprint density at radius 3 is 2.42 bits per heavy atom. The van der Waals surface area contributed by atoms with Crippen molar-refractivity contribution in [3.05, 3.63) is 45.1 Å². The molecule has 0 aliphatic heterocycles. The number of hydrogen-bond donors (Lipinski definition) is 1. The van der Waals surface area contributed by atoms with Crippen molar-refractivity contribution in [2.24, 2.45) is 5.92 Å². The topological polar surface area (TPSA) is 73.1 Å². The lowest BCUT2D eigenvalue weighted by Gasteiger charge is -2.21. The fourth-order valence-electron chi connectivity index (χ4n) is 2.82. The second-order valence-corrected chi connectivity index (χ2v) is 6.28. The molecule has 1 atom stereocenters. The first-order valence-electron chi connectivity index (χ1n) is 8.44. The largest absolute Gasteiger partial charge is 0.354 e. The summed E-state index contributed by atoms with van der Waals surface area (Å²) in [5, 5.41) is 3.34. The minimum absolute atomic E-state index is 0.195. The molecule has 2 aromatic rings. The van der Waals surface area contributed by atoms with Crippen LogP contribution in [-0.2, 0) is 11.3 Å². The molecule has 0 fully saturated rings. The van der Waals surface area contributed by atoms with E-state index >= 15 is 0 Å². The lowest BCUT2D eigenvalue weighted by molar-refractivity contribution is -0.124. The Balaban J connectivity index is 2.67. The maximum atomic E-state index is 12.8. The monoisotopic (exact) mass is 331 g/mol. The molecule has 0 spiro atoms. The van der Waals surface area contributed by atoms with Gasteiger partial charge in [-0.15, -0.1) is 0 Å². The van der Waals surface area contributed by atoms with Gasteiger partial charge in [-0.3, -0.25) is 18.7 Å². The molecule has 1 N–H and O–H groups in total. The first-order valence-corrected chi connectivity index (χ1v) is 8.44. The zero-order chi connectivity index (χ0) is 17.9. The molecule has 1 aromatic carbocycles. The van der Waals surface area contributed by atoms with Crippen LogP contribution >= 0.6 is 0 Å². The van der Waals surface area contributed by atoms with Crippen LogP contribution in [0.1, 0.15) is 40.2 Å². The van der Waals surface area contributed by atoms with Crippen molar-refractivity contribution in [1.82, 2.24) is 14.5 Å². The lowest BCUT2D eigenvalue weighted by Crippen LogP contribution is -2.45. The Morgan fingerprint density at radius 2 is 1.83 bits per heavy atom. The summed E-state index contributed by atoms with van der Waals surface area (Å²) < 4.78 is 2.64. The Kier molecular flexibility index (Phi) is 5.59. The Morgan fingerprint density at radius 1 is 1.17 bits per heavy atom. The van der Waals surface area contributed by atoms with E-state index in [4.69, 9.17) is 0 Å². The van der Waals surface area contributed by atoms with Gasteiger partial charge in [0, 0.05) is 13.1 Å². The van der Waals surface area contributed by atoms with Gasteiger partial charge in [0.15, 0.2) is 0 Å². The molecule has 1 aromatic heterocycles. The quantitative estimate of drug-likeness (QED) is 0.879. The van der Waals surface area contributed by atoms with E-state index in [1.54, 1.807) is 31.2 Å². The summed E-state index contributed by atoms with van der Waals surface area (Å²) in [5.41, 5.74) is -0.247. The van der Waals surface area contributed by atoms with E-state index in [0.717, 1.165) is 0 Å². The molecule has 0 radical (unpaired) electrons. The highest BCUT2D eigenvalue weighted by Gasteiger charge is 2.24. The summed E-state index contributed by atoms with van der Waals surface area (Å²) in [7, 11) is 0. The molecule has 2 rings (SSSR count). The SMILES string of the molecule is CC[C@H](C(=O)NCC(C)C)n1c(=O)n(CC)c(=O)c2ccccc21. The van der Waals surface area contributed by atoms with Crippen LogP contribution in [0.5, 0.6) is 0 Å². The van der Waals surface area contributed by atoms with Gasteiger partial charge in [-0.1, -0.05) is 32.9 Å². The summed E-state index contributed by atoms with van der Waals surface area (Å²) in [6.45, 7) is 8.46. The van der Waals surface area contributed by atoms with Gasteiger partial charge in [-0.05, 0) is 31.4 Å². The molecule has 6 heteroatoms. The first kappa shape index (κ1) is 18.0. The van der Waals surface area contributed by atoms with Gasteiger partial charge in [0.05, 0.1) is 10.9 Å². The summed E-state index contributed by atoms with van der Waals surface area (Å²) in [6.07, 6.45) is 0.468. The van der Waals surface area contributed by atoms with Crippen LogP contribution in [-0.4, -0.2) is 21.6 Å². The van der Waals surface area contributed by atoms with Gasteiger partial charge < -0.3 is 5.32 Å². The summed E-state index contributed by atoms with van der Waals surface area (Å²) in [5.74, 6) is 0.129. The number of amides is 1. The van der Waals surface area contributed by atoms with Crippen molar-refractivity contribution in [2.45, 2.75) is 46.7 Å². The van der Waals surface area contributed by atoms with Crippen molar-refractivity contribution in [3.63, 3.8) is 0 Å². The van der Waals surface area contributed by atoms with Crippen LogP contribution in [0, 0.1) is 5.92 Å². The standard InChI is InChI=1S/C18H25N3O3/c1-5-14(16(22)19-11-12(3)4)21-15-10-8-7-9-13(15)17(23)20(6-2)18(21)24/h7-10,12,14H,5-6,11H2,1-4H3,(H,19,22)/t14-/m1/s1. The molecule has 0 saturated carbocycles. The molecule has 130 valence electrons. The lowest BCUT2D eigenvalue weighted by atomic mass is 10.1. The molecule has 0 bridgehead atoms. The summed E-state index contributed by atoms with van der Waals surface area (Å²) in [6, 6.07) is 6.31. The van der Waals surface area contributed by atoms with Crippen molar-refractivity contribution in [3.8, 4) is 0 Å². The van der Waals surface area contributed by atoms with E-state index in [1.165, 1.54) is 9.13 Å². The summed E-state index contributed by atoms with van der Waals surface area (Å²) in [4.78, 5) is 37.9. The highest BCUT2D eigenvalue weighted by Crippen LogP contribution is 2.16. The molecule has 6 nitrogen and oxygen atoms in total. The maximum Gasteiger partial charge on any atom is 0.332 e. The predicted molar refractivity (Wildman–Crippen MR) is 95.3 cm³/mol. The van der Waals surface area contributed by atoms with Gasteiger partial charge in [0.2, 0.25) is 5.91 Å². The van der Waals surface area contributed by atoms with E-state index < -0.39 is 11.7 Å². The number of benzene rings is 1. The number of fused-ring (bicyclic) bond motifs is 1. The van der Waals surface area contributed by atoms with Gasteiger partial charge >= 0.3 is 5.69 Å². The fourth-order valence-corrected chi connectivity index (χ4v) is 2.82. The van der Waals surface area contributed by atoms with E-state index in [1.807, 2.05) is 20.8 Å². The third kappa shape index (κ3) is 3.27. The zero-order valence-electron chi connectivity index (χ0n) is 14.7. The molecule has 0 saturated heterocycles. The normalized spacial score (nSPS) is 12.5. The molecular weight excluding hydrogens is 306 g/mol. The minimum Gasteiger partial charge on any atom is -0.354 e. The number of aromatic nitrogens is 2. The smallest absolute Gasteiger partial charge is 0.332 e. The molecule has 1 heterocycles. The Labute approximate surface area is 141 Å². The Bertz CT molecular complexity index is 849. The van der Waals surface area contributed by atoms with Crippen molar-refractivity contribution in [1.29, 1.82) is 0 Å². The van der Waals surface area contributed by atoms with Crippen LogP contribution in [0.25, 0.3) is 10.9 Å². The number of carbonyl (C=O) groups is 1. The second-order valence-electron chi connectivity index (χ2n) is 6.28. The molecule has 24 heavy (non-hydrogen) atoms. The zero-order valence-corrected chi connectivity index (χ0v) is 14.7. The van der Waals surface area contributed by atoms with Crippen molar-refractivity contribution in [2.75, 3.05) is 6.54 Å². The summed E-state index contributed by atoms with van der Waals surface area (Å²) >= 11 is 0. The predicted octanol–water partition coefficient (Wildman–Crippen LogP) is 1.91.